The van der Waals surface area contributed by atoms with Gasteiger partial charge in [0, 0.05) is 45.2 Å². The molecule has 7 heteroatoms. The van der Waals surface area contributed by atoms with Gasteiger partial charge in [-0.2, -0.15) is 5.10 Å². The Kier molecular flexibility index (Phi) is 4.74. The summed E-state index contributed by atoms with van der Waals surface area (Å²) in [5.74, 6) is 1.36. The summed E-state index contributed by atoms with van der Waals surface area (Å²) >= 11 is 0. The Hall–Kier alpha value is -1.89. The molecule has 1 aromatic heterocycles. The number of hydrogen-bond acceptors (Lipinski definition) is 5. The Balaban J connectivity index is 1.40. The van der Waals surface area contributed by atoms with Crippen LogP contribution in [0.1, 0.15) is 25.0 Å². The van der Waals surface area contributed by atoms with Crippen LogP contribution in [-0.2, 0) is 4.74 Å². The fourth-order valence-electron chi connectivity index (χ4n) is 4.10. The van der Waals surface area contributed by atoms with Crippen molar-refractivity contribution in [2.45, 2.75) is 32.3 Å². The lowest BCUT2D eigenvalue weighted by molar-refractivity contribution is -0.0142. The van der Waals surface area contributed by atoms with E-state index in [4.69, 9.17) is 4.74 Å². The summed E-state index contributed by atoms with van der Waals surface area (Å²) in [5, 5.41) is 8.50. The topological polar surface area (TPSA) is 61.8 Å². The number of aryl methyl sites for hydroxylation is 1. The summed E-state index contributed by atoms with van der Waals surface area (Å²) in [4.78, 5) is 18.9. The van der Waals surface area contributed by atoms with Gasteiger partial charge in [-0.1, -0.05) is 0 Å². The minimum Gasteiger partial charge on any atom is -0.374 e. The van der Waals surface area contributed by atoms with Crippen molar-refractivity contribution >= 4 is 11.8 Å². The van der Waals surface area contributed by atoms with Gasteiger partial charge < -0.3 is 19.4 Å². The van der Waals surface area contributed by atoms with Gasteiger partial charge in [0.2, 0.25) is 0 Å². The molecule has 2 unspecified atom stereocenters. The molecule has 0 radical (unpaired) electrons. The number of aromatic nitrogens is 2. The second-order valence-corrected chi connectivity index (χ2v) is 7.36. The van der Waals surface area contributed by atoms with E-state index in [1.54, 1.807) is 0 Å². The number of anilines is 1. The first kappa shape index (κ1) is 16.6. The van der Waals surface area contributed by atoms with Gasteiger partial charge in [-0.25, -0.2) is 4.79 Å². The van der Waals surface area contributed by atoms with E-state index >= 15 is 0 Å². The van der Waals surface area contributed by atoms with Crippen LogP contribution in [0.15, 0.2) is 12.1 Å². The zero-order valence-corrected chi connectivity index (χ0v) is 14.9. The summed E-state index contributed by atoms with van der Waals surface area (Å²) in [7, 11) is 0. The molecule has 0 saturated carbocycles. The summed E-state index contributed by atoms with van der Waals surface area (Å²) in [5.41, 5.74) is 0.932. The van der Waals surface area contributed by atoms with E-state index in [-0.39, 0.29) is 12.1 Å². The van der Waals surface area contributed by atoms with Crippen LogP contribution < -0.4 is 4.90 Å². The van der Waals surface area contributed by atoms with E-state index in [0.717, 1.165) is 63.5 Å². The lowest BCUT2D eigenvalue weighted by Gasteiger charge is -2.39. The molecule has 2 amide bonds. The number of nitrogens with zero attached hydrogens (tertiary/aromatic N) is 5. The average molecular weight is 345 g/mol. The quantitative estimate of drug-likeness (QED) is 0.772. The molecule has 0 aromatic carbocycles. The van der Waals surface area contributed by atoms with Gasteiger partial charge in [0.25, 0.3) is 0 Å². The molecule has 0 bridgehead atoms. The third kappa shape index (κ3) is 3.56. The molecule has 0 N–H and O–H groups in total. The van der Waals surface area contributed by atoms with E-state index in [1.807, 2.05) is 28.9 Å². The molecule has 4 heterocycles. The number of urea groups is 1. The van der Waals surface area contributed by atoms with Crippen LogP contribution in [0.4, 0.5) is 10.6 Å². The average Bonchev–Trinajstić information content (AvgIpc) is 3.08. The van der Waals surface area contributed by atoms with Crippen LogP contribution in [0, 0.1) is 12.8 Å². The van der Waals surface area contributed by atoms with Gasteiger partial charge >= 0.3 is 6.03 Å². The van der Waals surface area contributed by atoms with E-state index in [9.17, 15) is 4.79 Å². The van der Waals surface area contributed by atoms with Gasteiger partial charge in [0.1, 0.15) is 0 Å². The maximum Gasteiger partial charge on any atom is 0.320 e. The second kappa shape index (κ2) is 7.15. The summed E-state index contributed by atoms with van der Waals surface area (Å²) in [6, 6.07) is 4.24. The van der Waals surface area contributed by atoms with E-state index in [2.05, 4.69) is 15.1 Å². The van der Waals surface area contributed by atoms with Crippen molar-refractivity contribution in [3.63, 3.8) is 0 Å². The minimum atomic E-state index is 0.128. The van der Waals surface area contributed by atoms with Crippen LogP contribution in [0.25, 0.3) is 0 Å². The molecule has 3 aliphatic heterocycles. The number of amides is 2. The fourth-order valence-corrected chi connectivity index (χ4v) is 4.10. The maximum absolute atomic E-state index is 12.6. The monoisotopic (exact) mass is 345 g/mol. The standard InChI is InChI=1S/C18H27N5O2/c1-14-4-5-17(20-19-14)22-10-11-25-16-13-23(9-6-15(16)12-22)18(24)21-7-2-3-8-21/h4-5,15-16H,2-3,6-13H2,1H3. The number of piperidine rings is 1. The number of carbonyl (C=O) groups is 1. The molecule has 3 aliphatic rings. The number of hydrogen-bond donors (Lipinski definition) is 0. The smallest absolute Gasteiger partial charge is 0.320 e. The molecule has 1 aromatic rings. The third-order valence-electron chi connectivity index (χ3n) is 5.60. The molecule has 4 rings (SSSR count). The lowest BCUT2D eigenvalue weighted by atomic mass is 9.93. The van der Waals surface area contributed by atoms with Crippen molar-refractivity contribution in [1.82, 2.24) is 20.0 Å². The van der Waals surface area contributed by atoms with Crippen LogP contribution in [0.5, 0.6) is 0 Å². The van der Waals surface area contributed by atoms with Crippen molar-refractivity contribution in [3.8, 4) is 0 Å². The molecule has 3 saturated heterocycles. The first-order valence-electron chi connectivity index (χ1n) is 9.41. The highest BCUT2D eigenvalue weighted by Gasteiger charge is 2.36. The van der Waals surface area contributed by atoms with Crippen molar-refractivity contribution in [1.29, 1.82) is 0 Å². The van der Waals surface area contributed by atoms with Crippen molar-refractivity contribution in [2.75, 3.05) is 50.8 Å². The first-order chi connectivity index (χ1) is 12.2. The Labute approximate surface area is 148 Å². The van der Waals surface area contributed by atoms with Crippen molar-refractivity contribution < 1.29 is 9.53 Å². The Morgan fingerprint density at radius 3 is 2.68 bits per heavy atom. The third-order valence-corrected chi connectivity index (χ3v) is 5.60. The Bertz CT molecular complexity index is 602. The molecule has 0 aliphatic carbocycles. The van der Waals surface area contributed by atoms with Crippen LogP contribution in [-0.4, -0.2) is 78.0 Å². The van der Waals surface area contributed by atoms with Crippen molar-refractivity contribution in [3.05, 3.63) is 17.8 Å². The highest BCUT2D eigenvalue weighted by Crippen LogP contribution is 2.27. The number of likely N-dealkylation sites (tertiary alicyclic amines) is 2. The fraction of sp³-hybridized carbons (Fsp3) is 0.722. The molecule has 136 valence electrons. The summed E-state index contributed by atoms with van der Waals surface area (Å²) in [6.07, 6.45) is 3.38. The molecular formula is C18H27N5O2. The molecular weight excluding hydrogens is 318 g/mol. The van der Waals surface area contributed by atoms with Gasteiger partial charge in [-0.3, -0.25) is 0 Å². The van der Waals surface area contributed by atoms with Crippen LogP contribution in [0.3, 0.4) is 0 Å². The maximum atomic E-state index is 12.6. The SMILES string of the molecule is Cc1ccc(N2CCOC3CN(C(=O)N4CCCC4)CCC3C2)nn1. The zero-order valence-electron chi connectivity index (χ0n) is 14.9. The van der Waals surface area contributed by atoms with Gasteiger partial charge in [-0.05, 0) is 38.3 Å². The number of ether oxygens (including phenoxy) is 1. The minimum absolute atomic E-state index is 0.128. The highest BCUT2D eigenvalue weighted by molar-refractivity contribution is 5.74. The normalized spacial score (nSPS) is 27.2. The molecule has 2 atom stereocenters. The number of fused-ring (bicyclic) bond motifs is 1. The number of carbonyl (C=O) groups excluding carboxylic acids is 1. The second-order valence-electron chi connectivity index (χ2n) is 7.36. The van der Waals surface area contributed by atoms with Gasteiger partial charge in [0.15, 0.2) is 5.82 Å². The van der Waals surface area contributed by atoms with E-state index in [0.29, 0.717) is 19.1 Å². The molecule has 7 nitrogen and oxygen atoms in total. The first-order valence-corrected chi connectivity index (χ1v) is 9.41. The van der Waals surface area contributed by atoms with E-state index < -0.39 is 0 Å². The summed E-state index contributed by atoms with van der Waals surface area (Å²) in [6.45, 7) is 7.72. The zero-order chi connectivity index (χ0) is 17.2. The number of rotatable bonds is 1. The lowest BCUT2D eigenvalue weighted by Crippen LogP contribution is -2.52. The molecule has 25 heavy (non-hydrogen) atoms. The Morgan fingerprint density at radius 1 is 1.08 bits per heavy atom. The molecule has 0 spiro atoms. The van der Waals surface area contributed by atoms with Gasteiger partial charge in [-0.15, -0.1) is 5.10 Å². The van der Waals surface area contributed by atoms with Gasteiger partial charge in [0.05, 0.1) is 18.4 Å². The van der Waals surface area contributed by atoms with Crippen LogP contribution in [0.2, 0.25) is 0 Å². The largest absolute Gasteiger partial charge is 0.374 e. The van der Waals surface area contributed by atoms with E-state index in [1.165, 1.54) is 0 Å². The molecule has 3 fully saturated rings. The van der Waals surface area contributed by atoms with Crippen molar-refractivity contribution in [2.24, 2.45) is 5.92 Å². The van der Waals surface area contributed by atoms with Crippen LogP contribution >= 0.6 is 0 Å². The predicted octanol–water partition coefficient (Wildman–Crippen LogP) is 1.53. The predicted molar refractivity (Wildman–Crippen MR) is 94.6 cm³/mol. The highest BCUT2D eigenvalue weighted by atomic mass is 16.5. The Morgan fingerprint density at radius 2 is 1.92 bits per heavy atom. The summed E-state index contributed by atoms with van der Waals surface area (Å²) < 4.78 is 6.12.